The molecule has 0 amide bonds. The maximum absolute atomic E-state index is 11.6. The molecule has 6 heteroatoms. The monoisotopic (exact) mass is 253 g/mol. The van der Waals surface area contributed by atoms with Gasteiger partial charge in [-0.1, -0.05) is 24.3 Å². The normalized spacial score (nSPS) is 18.2. The minimum Gasteiger partial charge on any atom is -0.619 e. The molecule has 0 fully saturated rings. The predicted octanol–water partition coefficient (Wildman–Crippen LogP) is 0.919. The summed E-state index contributed by atoms with van der Waals surface area (Å²) in [6.07, 6.45) is 9.02. The van der Waals surface area contributed by atoms with E-state index >= 15 is 0 Å². The molecule has 0 atom stereocenters. The third-order valence-electron chi connectivity index (χ3n) is 2.66. The second kappa shape index (κ2) is 3.97. The molecule has 17 heavy (non-hydrogen) atoms. The van der Waals surface area contributed by atoms with Gasteiger partial charge in [-0.2, -0.15) is 13.1 Å². The molecule has 1 aromatic rings. The first-order valence-corrected chi connectivity index (χ1v) is 6.41. The van der Waals surface area contributed by atoms with E-state index in [2.05, 4.69) is 0 Å². The lowest BCUT2D eigenvalue weighted by molar-refractivity contribution is -0.605. The van der Waals surface area contributed by atoms with Gasteiger partial charge in [0.1, 0.15) is 0 Å². The zero-order valence-corrected chi connectivity index (χ0v) is 9.67. The van der Waals surface area contributed by atoms with E-state index < -0.39 is 14.9 Å². The van der Waals surface area contributed by atoms with Gasteiger partial charge < -0.3 is 5.21 Å². The van der Waals surface area contributed by atoms with Gasteiger partial charge in [-0.05, 0) is 12.5 Å². The van der Waals surface area contributed by atoms with Crippen molar-refractivity contribution in [2.45, 2.75) is 11.2 Å². The van der Waals surface area contributed by atoms with Crippen LogP contribution in [0.3, 0.4) is 0 Å². The van der Waals surface area contributed by atoms with Crippen LogP contribution in [0, 0.1) is 5.21 Å². The molecular weight excluding hydrogens is 242 g/mol. The van der Waals surface area contributed by atoms with Crippen LogP contribution in [-0.4, -0.2) is 13.0 Å². The number of hydrogen-bond donors (Lipinski definition) is 1. The Balaban J connectivity index is 2.68. The van der Waals surface area contributed by atoms with Gasteiger partial charge in [-0.25, -0.2) is 0 Å². The van der Waals surface area contributed by atoms with Crippen molar-refractivity contribution in [3.05, 3.63) is 59.6 Å². The molecule has 0 spiro atoms. The molecule has 1 heterocycles. The standard InChI is InChI=1S/C11H11NO4S/c13-12-8-4-5-10(9-12)11(17(14,15)16)6-2-1-3-7-11/h2-9H,1H2,(H,14,15,16). The van der Waals surface area contributed by atoms with Crippen LogP contribution in [0.4, 0.5) is 0 Å². The van der Waals surface area contributed by atoms with Crippen molar-refractivity contribution < 1.29 is 17.7 Å². The number of hydrogen-bond acceptors (Lipinski definition) is 3. The fourth-order valence-electron chi connectivity index (χ4n) is 1.82. The van der Waals surface area contributed by atoms with E-state index in [0.29, 0.717) is 11.2 Å². The first-order chi connectivity index (χ1) is 7.96. The lowest BCUT2D eigenvalue weighted by atomic mass is 9.95. The molecule has 0 saturated carbocycles. The summed E-state index contributed by atoms with van der Waals surface area (Å²) < 4.78 is 31.4. The van der Waals surface area contributed by atoms with Crippen molar-refractivity contribution in [3.63, 3.8) is 0 Å². The highest BCUT2D eigenvalue weighted by Crippen LogP contribution is 2.34. The van der Waals surface area contributed by atoms with Gasteiger partial charge in [0.25, 0.3) is 10.1 Å². The predicted molar refractivity (Wildman–Crippen MR) is 61.5 cm³/mol. The first kappa shape index (κ1) is 11.8. The molecule has 1 aliphatic carbocycles. The Morgan fingerprint density at radius 3 is 2.53 bits per heavy atom. The number of rotatable bonds is 2. The van der Waals surface area contributed by atoms with Crippen LogP contribution in [0.1, 0.15) is 12.0 Å². The molecule has 0 saturated heterocycles. The van der Waals surface area contributed by atoms with Crippen LogP contribution >= 0.6 is 0 Å². The maximum Gasteiger partial charge on any atom is 0.282 e. The van der Waals surface area contributed by atoms with Gasteiger partial charge in [-0.15, -0.1) is 0 Å². The van der Waals surface area contributed by atoms with Gasteiger partial charge in [0.15, 0.2) is 17.1 Å². The SMILES string of the molecule is O=S(=O)(O)C1(c2ccc[n+]([O-])c2)C=CCC=C1. The number of pyridine rings is 1. The Labute approximate surface area is 99.0 Å². The van der Waals surface area contributed by atoms with E-state index in [1.54, 1.807) is 12.2 Å². The number of nitrogens with zero attached hydrogens (tertiary/aromatic N) is 1. The van der Waals surface area contributed by atoms with Crippen LogP contribution in [0.15, 0.2) is 48.8 Å². The lowest BCUT2D eigenvalue weighted by Crippen LogP contribution is -2.36. The van der Waals surface area contributed by atoms with E-state index in [1.165, 1.54) is 30.5 Å². The average molecular weight is 253 g/mol. The summed E-state index contributed by atoms with van der Waals surface area (Å²) in [5, 5.41) is 11.2. The van der Waals surface area contributed by atoms with E-state index in [4.69, 9.17) is 0 Å². The molecule has 0 unspecified atom stereocenters. The van der Waals surface area contributed by atoms with Crippen LogP contribution in [0.2, 0.25) is 0 Å². The molecule has 1 aliphatic rings. The van der Waals surface area contributed by atoms with Gasteiger partial charge in [0.05, 0.1) is 0 Å². The highest BCUT2D eigenvalue weighted by atomic mass is 32.2. The second-order valence-corrected chi connectivity index (χ2v) is 5.39. The Kier molecular flexibility index (Phi) is 2.76. The van der Waals surface area contributed by atoms with Gasteiger partial charge in [0.2, 0.25) is 0 Å². The Bertz CT molecular complexity index is 577. The molecular formula is C11H11NO4S. The Morgan fingerprint density at radius 1 is 1.35 bits per heavy atom. The molecule has 1 N–H and O–H groups in total. The van der Waals surface area contributed by atoms with Crippen LogP contribution in [-0.2, 0) is 14.9 Å². The molecule has 0 aromatic carbocycles. The summed E-state index contributed by atoms with van der Waals surface area (Å²) >= 11 is 0. The topological polar surface area (TPSA) is 81.3 Å². The van der Waals surface area contributed by atoms with Gasteiger partial charge in [0, 0.05) is 11.6 Å². The fraction of sp³-hybridized carbons (Fsp3) is 0.182. The van der Waals surface area contributed by atoms with Gasteiger partial charge >= 0.3 is 0 Å². The number of allylic oxidation sites excluding steroid dienone is 2. The summed E-state index contributed by atoms with van der Waals surface area (Å²) in [5.74, 6) is 0. The van der Waals surface area contributed by atoms with Crippen molar-refractivity contribution in [2.24, 2.45) is 0 Å². The first-order valence-electron chi connectivity index (χ1n) is 4.97. The molecule has 2 rings (SSSR count). The second-order valence-electron chi connectivity index (χ2n) is 3.76. The lowest BCUT2D eigenvalue weighted by Gasteiger charge is -2.25. The van der Waals surface area contributed by atoms with Crippen LogP contribution in [0.5, 0.6) is 0 Å². The van der Waals surface area contributed by atoms with Crippen molar-refractivity contribution in [3.8, 4) is 0 Å². The summed E-state index contributed by atoms with van der Waals surface area (Å²) in [7, 11) is -4.38. The molecule has 0 radical (unpaired) electrons. The summed E-state index contributed by atoms with van der Waals surface area (Å²) in [5.41, 5.74) is 0.213. The Morgan fingerprint density at radius 2 is 2.00 bits per heavy atom. The van der Waals surface area contributed by atoms with Gasteiger partial charge in [-0.3, -0.25) is 4.55 Å². The third-order valence-corrected chi connectivity index (χ3v) is 4.02. The zero-order valence-electron chi connectivity index (χ0n) is 8.85. The van der Waals surface area contributed by atoms with Crippen LogP contribution < -0.4 is 4.73 Å². The summed E-state index contributed by atoms with van der Waals surface area (Å²) in [6.45, 7) is 0. The van der Waals surface area contributed by atoms with E-state index in [9.17, 15) is 18.2 Å². The third kappa shape index (κ3) is 1.96. The van der Waals surface area contributed by atoms with E-state index in [-0.39, 0.29) is 5.56 Å². The fourth-order valence-corrected chi connectivity index (χ4v) is 2.77. The number of aromatic nitrogens is 1. The molecule has 5 nitrogen and oxygen atoms in total. The van der Waals surface area contributed by atoms with E-state index in [1.807, 2.05) is 0 Å². The Hall–Kier alpha value is -1.66. The van der Waals surface area contributed by atoms with Crippen LogP contribution in [0.25, 0.3) is 0 Å². The highest BCUT2D eigenvalue weighted by Gasteiger charge is 2.42. The zero-order chi connectivity index (χ0) is 12.5. The maximum atomic E-state index is 11.6. The average Bonchev–Trinajstić information content (AvgIpc) is 2.28. The largest absolute Gasteiger partial charge is 0.619 e. The molecule has 90 valence electrons. The molecule has 0 aliphatic heterocycles. The van der Waals surface area contributed by atoms with Crippen molar-refractivity contribution >= 4 is 10.1 Å². The highest BCUT2D eigenvalue weighted by molar-refractivity contribution is 7.87. The van der Waals surface area contributed by atoms with Crippen molar-refractivity contribution in [2.75, 3.05) is 0 Å². The summed E-state index contributed by atoms with van der Waals surface area (Å²) in [4.78, 5) is 0. The molecule has 1 aromatic heterocycles. The minimum absolute atomic E-state index is 0.213. The van der Waals surface area contributed by atoms with E-state index in [0.717, 1.165) is 6.20 Å². The smallest absolute Gasteiger partial charge is 0.282 e. The minimum atomic E-state index is -4.38. The molecule has 0 bridgehead atoms. The van der Waals surface area contributed by atoms with Crippen molar-refractivity contribution in [1.29, 1.82) is 0 Å². The summed E-state index contributed by atoms with van der Waals surface area (Å²) in [6, 6.07) is 2.92. The van der Waals surface area contributed by atoms with Crippen molar-refractivity contribution in [1.82, 2.24) is 0 Å². The quantitative estimate of drug-likeness (QED) is 0.368.